The van der Waals surface area contributed by atoms with E-state index in [9.17, 15) is 0 Å². The zero-order valence-electron chi connectivity index (χ0n) is 8.52. The van der Waals surface area contributed by atoms with Crippen LogP contribution in [-0.4, -0.2) is 11.0 Å². The summed E-state index contributed by atoms with van der Waals surface area (Å²) in [5.41, 5.74) is 7.07. The maximum Gasteiger partial charge on any atom is 0.0970 e. The maximum absolute atomic E-state index is 5.93. The molecule has 3 rings (SSSR count). The van der Waals surface area contributed by atoms with Crippen LogP contribution in [0.4, 0.5) is 0 Å². The first-order valence-electron chi connectivity index (χ1n) is 5.44. The molecule has 0 saturated heterocycles. The summed E-state index contributed by atoms with van der Waals surface area (Å²) in [6, 6.07) is 8.74. The molecule has 0 aliphatic heterocycles. The second-order valence-electron chi connectivity index (χ2n) is 4.29. The van der Waals surface area contributed by atoms with Crippen LogP contribution in [-0.2, 0) is 0 Å². The van der Waals surface area contributed by atoms with Gasteiger partial charge in [-0.25, -0.2) is 4.98 Å². The van der Waals surface area contributed by atoms with Crippen molar-refractivity contribution in [2.24, 2.45) is 5.73 Å². The largest absolute Gasteiger partial charge is 0.328 e. The molecule has 0 bridgehead atoms. The number of aromatic nitrogens is 1. The van der Waals surface area contributed by atoms with Gasteiger partial charge in [0, 0.05) is 12.0 Å². The van der Waals surface area contributed by atoms with Crippen molar-refractivity contribution in [1.29, 1.82) is 0 Å². The SMILES string of the molecule is N[C@H]1CC[C@@H](c2nc3ccccc3s2)C1. The van der Waals surface area contributed by atoms with Crippen LogP contribution in [0, 0.1) is 0 Å². The third-order valence-electron chi connectivity index (χ3n) is 3.13. The van der Waals surface area contributed by atoms with Gasteiger partial charge in [-0.15, -0.1) is 11.3 Å². The fourth-order valence-corrected chi connectivity index (χ4v) is 3.42. The minimum Gasteiger partial charge on any atom is -0.328 e. The molecule has 1 aliphatic carbocycles. The molecule has 2 nitrogen and oxygen atoms in total. The van der Waals surface area contributed by atoms with Crippen molar-refractivity contribution in [2.45, 2.75) is 31.2 Å². The molecule has 2 N–H and O–H groups in total. The number of nitrogens with two attached hydrogens (primary N) is 1. The van der Waals surface area contributed by atoms with Crippen LogP contribution in [0.1, 0.15) is 30.2 Å². The molecule has 1 aromatic heterocycles. The predicted molar refractivity (Wildman–Crippen MR) is 64.2 cm³/mol. The van der Waals surface area contributed by atoms with Gasteiger partial charge in [0.2, 0.25) is 0 Å². The van der Waals surface area contributed by atoms with Gasteiger partial charge in [0.25, 0.3) is 0 Å². The number of rotatable bonds is 1. The van der Waals surface area contributed by atoms with Crippen molar-refractivity contribution in [2.75, 3.05) is 0 Å². The number of thiazole rings is 1. The Labute approximate surface area is 93.1 Å². The summed E-state index contributed by atoms with van der Waals surface area (Å²) in [4.78, 5) is 4.69. The molecule has 1 heterocycles. The molecule has 0 unspecified atom stereocenters. The van der Waals surface area contributed by atoms with Gasteiger partial charge in [-0.2, -0.15) is 0 Å². The number of fused-ring (bicyclic) bond motifs is 1. The zero-order chi connectivity index (χ0) is 10.3. The van der Waals surface area contributed by atoms with Gasteiger partial charge in [0.1, 0.15) is 0 Å². The summed E-state index contributed by atoms with van der Waals surface area (Å²) in [5, 5.41) is 1.28. The van der Waals surface area contributed by atoms with Crippen LogP contribution < -0.4 is 5.73 Å². The third kappa shape index (κ3) is 1.66. The van der Waals surface area contributed by atoms with Crippen molar-refractivity contribution in [3.8, 4) is 0 Å². The molecule has 1 aromatic carbocycles. The monoisotopic (exact) mass is 218 g/mol. The van der Waals surface area contributed by atoms with Crippen LogP contribution in [0.25, 0.3) is 10.2 Å². The predicted octanol–water partition coefficient (Wildman–Crippen LogP) is 2.89. The molecule has 1 aliphatic rings. The highest BCUT2D eigenvalue weighted by molar-refractivity contribution is 7.18. The van der Waals surface area contributed by atoms with Crippen molar-refractivity contribution >= 4 is 21.6 Å². The lowest BCUT2D eigenvalue weighted by Crippen LogP contribution is -2.14. The topological polar surface area (TPSA) is 38.9 Å². The Morgan fingerprint density at radius 2 is 2.13 bits per heavy atom. The first-order chi connectivity index (χ1) is 7.33. The Morgan fingerprint density at radius 3 is 2.87 bits per heavy atom. The van der Waals surface area contributed by atoms with E-state index in [1.807, 2.05) is 17.4 Å². The lowest BCUT2D eigenvalue weighted by molar-refractivity contribution is 0.673. The Balaban J connectivity index is 1.98. The van der Waals surface area contributed by atoms with Crippen LogP contribution >= 0.6 is 11.3 Å². The van der Waals surface area contributed by atoms with Crippen molar-refractivity contribution in [3.05, 3.63) is 29.3 Å². The number of hydrogen-bond acceptors (Lipinski definition) is 3. The van der Waals surface area contributed by atoms with Gasteiger partial charge in [-0.05, 0) is 31.4 Å². The van der Waals surface area contributed by atoms with E-state index in [2.05, 4.69) is 18.2 Å². The van der Waals surface area contributed by atoms with Gasteiger partial charge in [-0.1, -0.05) is 12.1 Å². The molecule has 78 valence electrons. The summed E-state index contributed by atoms with van der Waals surface area (Å²) in [6.07, 6.45) is 3.47. The van der Waals surface area contributed by atoms with E-state index in [1.165, 1.54) is 16.1 Å². The zero-order valence-corrected chi connectivity index (χ0v) is 9.33. The summed E-state index contributed by atoms with van der Waals surface area (Å²) in [7, 11) is 0. The number of benzene rings is 1. The second-order valence-corrected chi connectivity index (χ2v) is 5.35. The highest BCUT2D eigenvalue weighted by Crippen LogP contribution is 2.37. The van der Waals surface area contributed by atoms with Crippen LogP contribution in [0.5, 0.6) is 0 Å². The van der Waals surface area contributed by atoms with Gasteiger partial charge in [0.05, 0.1) is 15.2 Å². The smallest absolute Gasteiger partial charge is 0.0970 e. The lowest BCUT2D eigenvalue weighted by Gasteiger charge is -2.03. The van der Waals surface area contributed by atoms with Gasteiger partial charge in [-0.3, -0.25) is 0 Å². The molecule has 1 saturated carbocycles. The number of para-hydroxylation sites is 1. The van der Waals surface area contributed by atoms with E-state index in [-0.39, 0.29) is 0 Å². The van der Waals surface area contributed by atoms with Crippen LogP contribution in [0.2, 0.25) is 0 Å². The fourth-order valence-electron chi connectivity index (χ4n) is 2.31. The molecule has 1 fully saturated rings. The van der Waals surface area contributed by atoms with E-state index in [4.69, 9.17) is 10.7 Å². The first-order valence-corrected chi connectivity index (χ1v) is 6.25. The summed E-state index contributed by atoms with van der Waals surface area (Å²) < 4.78 is 1.30. The Kier molecular flexibility index (Phi) is 2.22. The molecule has 15 heavy (non-hydrogen) atoms. The van der Waals surface area contributed by atoms with Crippen LogP contribution in [0.15, 0.2) is 24.3 Å². The van der Waals surface area contributed by atoms with Gasteiger partial charge < -0.3 is 5.73 Å². The lowest BCUT2D eigenvalue weighted by atomic mass is 10.1. The average molecular weight is 218 g/mol. The fraction of sp³-hybridized carbons (Fsp3) is 0.417. The molecular weight excluding hydrogens is 204 g/mol. The van der Waals surface area contributed by atoms with Crippen molar-refractivity contribution < 1.29 is 0 Å². The Morgan fingerprint density at radius 1 is 1.27 bits per heavy atom. The average Bonchev–Trinajstić information content (AvgIpc) is 2.82. The van der Waals surface area contributed by atoms with Crippen molar-refractivity contribution in [1.82, 2.24) is 4.98 Å². The summed E-state index contributed by atoms with van der Waals surface area (Å²) in [5.74, 6) is 0.609. The summed E-state index contributed by atoms with van der Waals surface area (Å²) in [6.45, 7) is 0. The standard InChI is InChI=1S/C12H14N2S/c13-9-6-5-8(7-9)12-14-10-3-1-2-4-11(10)15-12/h1-4,8-9H,5-7,13H2/t8-,9+/m1/s1. The third-order valence-corrected chi connectivity index (χ3v) is 4.33. The minimum absolute atomic E-state index is 0.391. The molecule has 2 aromatic rings. The normalized spacial score (nSPS) is 26.2. The van der Waals surface area contributed by atoms with Gasteiger partial charge >= 0.3 is 0 Å². The van der Waals surface area contributed by atoms with E-state index in [0.29, 0.717) is 12.0 Å². The number of hydrogen-bond donors (Lipinski definition) is 1. The van der Waals surface area contributed by atoms with Crippen molar-refractivity contribution in [3.63, 3.8) is 0 Å². The molecule has 0 amide bonds. The minimum atomic E-state index is 0.391. The second kappa shape index (κ2) is 3.58. The molecule has 0 spiro atoms. The highest BCUT2D eigenvalue weighted by Gasteiger charge is 2.25. The molecular formula is C12H14N2S. The molecule has 3 heteroatoms. The van der Waals surface area contributed by atoms with E-state index >= 15 is 0 Å². The Bertz CT molecular complexity index is 444. The molecule has 2 atom stereocenters. The number of nitrogens with zero attached hydrogens (tertiary/aromatic N) is 1. The van der Waals surface area contributed by atoms with E-state index in [0.717, 1.165) is 18.4 Å². The summed E-state index contributed by atoms with van der Waals surface area (Å²) >= 11 is 1.83. The van der Waals surface area contributed by atoms with E-state index < -0.39 is 0 Å². The van der Waals surface area contributed by atoms with E-state index in [1.54, 1.807) is 0 Å². The quantitative estimate of drug-likeness (QED) is 0.799. The van der Waals surface area contributed by atoms with Crippen LogP contribution in [0.3, 0.4) is 0 Å². The maximum atomic E-state index is 5.93. The molecule has 0 radical (unpaired) electrons. The first kappa shape index (κ1) is 9.31. The Hall–Kier alpha value is -0.930. The van der Waals surface area contributed by atoms with Gasteiger partial charge in [0.15, 0.2) is 0 Å². The highest BCUT2D eigenvalue weighted by atomic mass is 32.1.